The number of amides is 2. The molecule has 0 atom stereocenters. The lowest BCUT2D eigenvalue weighted by Crippen LogP contribution is -2.43. The van der Waals surface area contributed by atoms with E-state index in [0.29, 0.717) is 24.1 Å². The third kappa shape index (κ3) is 4.59. The number of carbonyl (C=O) groups excluding carboxylic acids is 1. The molecule has 2 heterocycles. The molecule has 6 nitrogen and oxygen atoms in total. The van der Waals surface area contributed by atoms with Crippen LogP contribution < -0.4 is 9.47 Å². The number of ether oxygens (including phenoxy) is 2. The normalized spacial score (nSPS) is 14.3. The molecule has 1 saturated heterocycles. The van der Waals surface area contributed by atoms with Gasteiger partial charge in [0.15, 0.2) is 0 Å². The van der Waals surface area contributed by atoms with Gasteiger partial charge in [-0.15, -0.1) is 11.3 Å². The number of carbonyl (C=O) groups is 1. The van der Waals surface area contributed by atoms with Crippen LogP contribution in [0.5, 0.6) is 11.5 Å². The van der Waals surface area contributed by atoms with E-state index in [1.807, 2.05) is 35.6 Å². The summed E-state index contributed by atoms with van der Waals surface area (Å²) < 4.78 is 10.7. The molecule has 1 fully saturated rings. The Labute approximate surface area is 192 Å². The molecule has 0 saturated carbocycles. The predicted molar refractivity (Wildman–Crippen MR) is 127 cm³/mol. The van der Waals surface area contributed by atoms with Crippen LogP contribution in [0.25, 0.3) is 21.6 Å². The van der Waals surface area contributed by atoms with Gasteiger partial charge in [-0.05, 0) is 72.4 Å². The molecule has 0 bridgehead atoms. The monoisotopic (exact) mass is 452 g/mol. The summed E-state index contributed by atoms with van der Waals surface area (Å²) >= 11 is 1.82. The minimum absolute atomic E-state index is 0.340. The number of methoxy groups -OCH3 is 2. The molecule has 2 amide bonds. The van der Waals surface area contributed by atoms with E-state index in [4.69, 9.17) is 9.47 Å². The van der Waals surface area contributed by atoms with Gasteiger partial charge in [0.2, 0.25) is 0 Å². The van der Waals surface area contributed by atoms with Crippen LogP contribution in [-0.4, -0.2) is 55.6 Å². The first-order chi connectivity index (χ1) is 15.5. The highest BCUT2D eigenvalue weighted by Gasteiger charge is 2.27. The fourth-order valence-electron chi connectivity index (χ4n) is 4.11. The number of likely N-dealkylation sites (tertiary alicyclic amines) is 1. The number of rotatable bonds is 5. The second kappa shape index (κ2) is 9.63. The van der Waals surface area contributed by atoms with E-state index in [1.165, 1.54) is 22.4 Å². The molecule has 0 unspecified atom stereocenters. The predicted octanol–water partition coefficient (Wildman–Crippen LogP) is 5.72. The summed E-state index contributed by atoms with van der Waals surface area (Å²) in [6.07, 6.45) is 1.76. The third-order valence-corrected chi connectivity index (χ3v) is 7.30. The van der Waals surface area contributed by atoms with Crippen molar-refractivity contribution in [3.63, 3.8) is 0 Å². The molecule has 1 aliphatic heterocycles. The van der Waals surface area contributed by atoms with E-state index in [-0.39, 0.29) is 6.03 Å². The van der Waals surface area contributed by atoms with Crippen molar-refractivity contribution in [1.82, 2.24) is 9.96 Å². The zero-order chi connectivity index (χ0) is 22.7. The van der Waals surface area contributed by atoms with E-state index in [1.54, 1.807) is 19.1 Å². The van der Waals surface area contributed by atoms with Crippen molar-refractivity contribution in [2.45, 2.75) is 18.8 Å². The largest absolute Gasteiger partial charge is 0.497 e. The molecular formula is C25H28N2O4S. The minimum Gasteiger partial charge on any atom is -0.497 e. The average Bonchev–Trinajstić information content (AvgIpc) is 3.29. The number of hydrogen-bond donors (Lipinski definition) is 1. The molecule has 4 rings (SSSR count). The van der Waals surface area contributed by atoms with Crippen LogP contribution in [-0.2, 0) is 0 Å². The Kier molecular flexibility index (Phi) is 6.67. The Morgan fingerprint density at radius 1 is 0.969 bits per heavy atom. The molecular weight excluding hydrogens is 424 g/mol. The van der Waals surface area contributed by atoms with E-state index in [9.17, 15) is 10.0 Å². The number of hydrogen-bond acceptors (Lipinski definition) is 5. The smallest absolute Gasteiger partial charge is 0.343 e. The number of thiophene rings is 1. The maximum atomic E-state index is 12.1. The van der Waals surface area contributed by atoms with Gasteiger partial charge in [0.1, 0.15) is 11.5 Å². The van der Waals surface area contributed by atoms with Crippen molar-refractivity contribution in [3.8, 4) is 33.1 Å². The van der Waals surface area contributed by atoms with Gasteiger partial charge in [-0.2, -0.15) is 0 Å². The van der Waals surface area contributed by atoms with Crippen LogP contribution in [0.1, 0.15) is 23.6 Å². The van der Waals surface area contributed by atoms with Gasteiger partial charge in [-0.1, -0.05) is 12.1 Å². The van der Waals surface area contributed by atoms with Crippen LogP contribution in [0.15, 0.2) is 54.6 Å². The lowest BCUT2D eigenvalue weighted by atomic mass is 9.93. The molecule has 0 spiro atoms. The number of nitrogens with zero attached hydrogens (tertiary/aromatic N) is 2. The van der Waals surface area contributed by atoms with Gasteiger partial charge in [0.25, 0.3) is 0 Å². The average molecular weight is 453 g/mol. The first-order valence-corrected chi connectivity index (χ1v) is 11.5. The maximum absolute atomic E-state index is 12.1. The van der Waals surface area contributed by atoms with Gasteiger partial charge in [-0.3, -0.25) is 5.21 Å². The molecule has 1 N–H and O–H groups in total. The van der Waals surface area contributed by atoms with Crippen LogP contribution in [0, 0.1) is 0 Å². The van der Waals surface area contributed by atoms with E-state index in [2.05, 4.69) is 30.3 Å². The highest BCUT2D eigenvalue weighted by molar-refractivity contribution is 7.16. The number of urea groups is 1. The summed E-state index contributed by atoms with van der Waals surface area (Å²) in [5, 5.41) is 10.1. The molecule has 7 heteroatoms. The topological polar surface area (TPSA) is 62.2 Å². The summed E-state index contributed by atoms with van der Waals surface area (Å²) in [7, 11) is 4.72. The highest BCUT2D eigenvalue weighted by Crippen LogP contribution is 2.44. The van der Waals surface area contributed by atoms with Crippen LogP contribution in [0.2, 0.25) is 0 Å². The first-order valence-electron chi connectivity index (χ1n) is 10.6. The maximum Gasteiger partial charge on any atom is 0.343 e. The second-order valence-electron chi connectivity index (χ2n) is 7.92. The highest BCUT2D eigenvalue weighted by atomic mass is 32.1. The zero-order valence-corrected chi connectivity index (χ0v) is 19.4. The molecule has 32 heavy (non-hydrogen) atoms. The lowest BCUT2D eigenvalue weighted by molar-refractivity contribution is -0.0356. The van der Waals surface area contributed by atoms with Crippen LogP contribution in [0.3, 0.4) is 0 Å². The van der Waals surface area contributed by atoms with Crippen molar-refractivity contribution < 1.29 is 19.5 Å². The van der Waals surface area contributed by atoms with Crippen molar-refractivity contribution in [2.75, 3.05) is 34.4 Å². The van der Waals surface area contributed by atoms with E-state index < -0.39 is 0 Å². The summed E-state index contributed by atoms with van der Waals surface area (Å²) in [5.41, 5.74) is 3.50. The van der Waals surface area contributed by atoms with Gasteiger partial charge in [0.05, 0.1) is 14.2 Å². The second-order valence-corrected chi connectivity index (χ2v) is 9.00. The van der Waals surface area contributed by atoms with Crippen molar-refractivity contribution in [2.24, 2.45) is 0 Å². The summed E-state index contributed by atoms with van der Waals surface area (Å²) in [6.45, 7) is 1.28. The van der Waals surface area contributed by atoms with Crippen LogP contribution >= 0.6 is 11.3 Å². The molecule has 1 aliphatic rings. The fourth-order valence-corrected chi connectivity index (χ4v) is 5.47. The SMILES string of the molecule is COc1ccc(-c2cc(C3CCN(C(=O)N(C)O)CC3)sc2-c2ccc(OC)cc2)cc1. The summed E-state index contributed by atoms with van der Waals surface area (Å²) in [6, 6.07) is 18.3. The standard InChI is InChI=1S/C25H28N2O4S/c1-26(29)25(28)27-14-12-18(13-15-27)23-16-22(17-4-8-20(30-2)9-5-17)24(32-23)19-6-10-21(31-3)11-7-19/h4-11,16,18,29H,12-15H2,1-3H3. The fraction of sp³-hybridized carbons (Fsp3) is 0.320. The summed E-state index contributed by atoms with van der Waals surface area (Å²) in [4.78, 5) is 16.3. The molecule has 1 aromatic heterocycles. The van der Waals surface area contributed by atoms with Crippen LogP contribution in [0.4, 0.5) is 4.79 Å². The Morgan fingerprint density at radius 2 is 1.50 bits per heavy atom. The van der Waals surface area contributed by atoms with E-state index in [0.717, 1.165) is 35.5 Å². The number of hydroxylamine groups is 2. The van der Waals surface area contributed by atoms with Gasteiger partial charge < -0.3 is 14.4 Å². The molecule has 2 aromatic carbocycles. The molecule has 0 aliphatic carbocycles. The number of benzene rings is 2. The van der Waals surface area contributed by atoms with E-state index >= 15 is 0 Å². The quantitative estimate of drug-likeness (QED) is 0.397. The Balaban J connectivity index is 1.65. The zero-order valence-electron chi connectivity index (χ0n) is 18.6. The van der Waals surface area contributed by atoms with Crippen molar-refractivity contribution >= 4 is 17.4 Å². The number of piperidine rings is 1. The summed E-state index contributed by atoms with van der Waals surface area (Å²) in [5.74, 6) is 2.06. The Bertz CT molecular complexity index is 988. The minimum atomic E-state index is -0.340. The molecule has 3 aromatic rings. The van der Waals surface area contributed by atoms with Gasteiger partial charge >= 0.3 is 6.03 Å². The Morgan fingerprint density at radius 3 is 2.00 bits per heavy atom. The van der Waals surface area contributed by atoms with Gasteiger partial charge in [0, 0.05) is 35.5 Å². The van der Waals surface area contributed by atoms with Crippen molar-refractivity contribution in [3.05, 3.63) is 59.5 Å². The molecule has 0 radical (unpaired) electrons. The van der Waals surface area contributed by atoms with Crippen molar-refractivity contribution in [1.29, 1.82) is 0 Å². The first kappa shape index (κ1) is 22.2. The lowest BCUT2D eigenvalue weighted by Gasteiger charge is -2.32. The Hall–Kier alpha value is -3.03. The molecule has 168 valence electrons. The van der Waals surface area contributed by atoms with Gasteiger partial charge in [-0.25, -0.2) is 9.86 Å². The third-order valence-electron chi connectivity index (χ3n) is 5.95.